The Morgan fingerprint density at radius 3 is 1.23 bits per heavy atom. The lowest BCUT2D eigenvalue weighted by Gasteiger charge is -2.47. The summed E-state index contributed by atoms with van der Waals surface area (Å²) in [7, 11) is 0. The molecule has 0 amide bonds. The smallest absolute Gasteiger partial charge is 0.0159 e. The maximum absolute atomic E-state index is 2.61. The maximum atomic E-state index is 2.61. The minimum atomic E-state index is 0.487. The summed E-state index contributed by atoms with van der Waals surface area (Å²) in [6.07, 6.45) is 11.2. The third-order valence-electron chi connectivity index (χ3n) is 9.29. The Labute approximate surface area is 191 Å². The molecule has 0 atom stereocenters. The third kappa shape index (κ3) is 4.79. The van der Waals surface area contributed by atoms with Gasteiger partial charge in [-0.1, -0.05) is 61.4 Å². The van der Waals surface area contributed by atoms with Crippen LogP contribution in [0.5, 0.6) is 0 Å². The van der Waals surface area contributed by atoms with Crippen LogP contribution in [-0.2, 0) is 0 Å². The van der Waals surface area contributed by atoms with Crippen molar-refractivity contribution in [3.63, 3.8) is 0 Å². The van der Waals surface area contributed by atoms with E-state index in [1.165, 1.54) is 73.6 Å². The van der Waals surface area contributed by atoms with Gasteiger partial charge in [0.1, 0.15) is 0 Å². The van der Waals surface area contributed by atoms with Gasteiger partial charge >= 0.3 is 0 Å². The quantitative estimate of drug-likeness (QED) is 0.466. The zero-order valence-corrected chi connectivity index (χ0v) is 20.9. The Morgan fingerprint density at radius 2 is 0.903 bits per heavy atom. The average molecular weight is 417 g/mol. The lowest BCUT2D eigenvalue weighted by molar-refractivity contribution is 0.0512. The molecule has 2 aromatic carbocycles. The summed E-state index contributed by atoms with van der Waals surface area (Å²) in [6.45, 7) is 14.3. The zero-order valence-electron chi connectivity index (χ0n) is 20.9. The highest BCUT2D eigenvalue weighted by molar-refractivity contribution is 5.34. The fourth-order valence-corrected chi connectivity index (χ4v) is 7.20. The van der Waals surface area contributed by atoms with Gasteiger partial charge in [-0.05, 0) is 130 Å². The van der Waals surface area contributed by atoms with Gasteiger partial charge in [-0.25, -0.2) is 0 Å². The highest BCUT2D eigenvalue weighted by Crippen LogP contribution is 2.52. The molecule has 0 N–H and O–H groups in total. The maximum Gasteiger partial charge on any atom is -0.0159 e. The Kier molecular flexibility index (Phi) is 6.66. The molecule has 0 aromatic heterocycles. The van der Waals surface area contributed by atoms with Crippen molar-refractivity contribution in [3.05, 3.63) is 69.8 Å². The minimum Gasteiger partial charge on any atom is -0.0594 e. The Hall–Kier alpha value is -1.56. The van der Waals surface area contributed by atoms with E-state index in [4.69, 9.17) is 0 Å². The number of rotatable bonds is 4. The van der Waals surface area contributed by atoms with Crippen molar-refractivity contribution in [2.75, 3.05) is 0 Å². The van der Waals surface area contributed by atoms with Gasteiger partial charge in [0, 0.05) is 0 Å². The molecule has 0 radical (unpaired) electrons. The van der Waals surface area contributed by atoms with E-state index in [2.05, 4.69) is 77.9 Å². The second-order valence-corrected chi connectivity index (χ2v) is 11.6. The van der Waals surface area contributed by atoms with Crippen molar-refractivity contribution in [2.45, 2.75) is 105 Å². The van der Waals surface area contributed by atoms with Crippen molar-refractivity contribution < 1.29 is 0 Å². The van der Waals surface area contributed by atoms with Crippen LogP contribution in [0, 0.1) is 44.9 Å². The summed E-state index contributed by atoms with van der Waals surface area (Å²) in [5.41, 5.74) is 9.53. The van der Waals surface area contributed by atoms with Crippen molar-refractivity contribution in [3.8, 4) is 0 Å². The van der Waals surface area contributed by atoms with Gasteiger partial charge in [0.25, 0.3) is 0 Å². The molecule has 2 aliphatic carbocycles. The fourth-order valence-electron chi connectivity index (χ4n) is 7.20. The summed E-state index contributed by atoms with van der Waals surface area (Å²) < 4.78 is 0. The molecule has 0 aliphatic heterocycles. The molecule has 2 aliphatic rings. The third-order valence-corrected chi connectivity index (χ3v) is 9.29. The molecule has 4 rings (SSSR count). The molecule has 168 valence electrons. The average Bonchev–Trinajstić information content (AvgIpc) is 2.74. The van der Waals surface area contributed by atoms with Gasteiger partial charge in [-0.2, -0.15) is 0 Å². The van der Waals surface area contributed by atoms with Crippen LogP contribution >= 0.6 is 0 Å². The molecule has 0 heteroatoms. The van der Waals surface area contributed by atoms with E-state index in [1.54, 1.807) is 11.1 Å². The van der Waals surface area contributed by atoms with E-state index < -0.39 is 0 Å². The van der Waals surface area contributed by atoms with Gasteiger partial charge in [0.15, 0.2) is 0 Å². The summed E-state index contributed by atoms with van der Waals surface area (Å²) in [5, 5.41) is 0. The van der Waals surface area contributed by atoms with E-state index in [1.807, 2.05) is 0 Å². The van der Waals surface area contributed by atoms with Gasteiger partial charge in [0.05, 0.1) is 0 Å². The predicted octanol–water partition coefficient (Wildman–Crippen LogP) is 9.19. The van der Waals surface area contributed by atoms with E-state index >= 15 is 0 Å². The molecule has 0 unspecified atom stereocenters. The van der Waals surface area contributed by atoms with Crippen LogP contribution in [0.2, 0.25) is 0 Å². The number of aryl methyl sites for hydroxylation is 4. The van der Waals surface area contributed by atoms with Crippen molar-refractivity contribution >= 4 is 0 Å². The van der Waals surface area contributed by atoms with E-state index in [0.717, 1.165) is 23.7 Å². The summed E-state index contributed by atoms with van der Waals surface area (Å²) in [5.74, 6) is 3.37. The normalized spacial score (nSPS) is 27.3. The summed E-state index contributed by atoms with van der Waals surface area (Å²) in [6, 6.07) is 14.2. The van der Waals surface area contributed by atoms with E-state index in [0.29, 0.717) is 5.41 Å². The fraction of sp³-hybridized carbons (Fsp3) is 0.613. The highest BCUT2D eigenvalue weighted by atomic mass is 14.5. The standard InChI is InChI=1S/C31H44/c1-21-7-17-29(23(3)19-21)25-9-13-27(14-10-25)31(5,6)28-15-11-26(12-16-28)30-18-8-22(2)20-24(30)4/h7-8,17-20,25-28H,9-16H2,1-6H3. The molecule has 2 saturated carbocycles. The first-order valence-corrected chi connectivity index (χ1v) is 12.9. The van der Waals surface area contributed by atoms with Crippen LogP contribution in [0.4, 0.5) is 0 Å². The molecule has 0 heterocycles. The molecule has 0 saturated heterocycles. The lowest BCUT2D eigenvalue weighted by atomic mass is 9.58. The van der Waals surface area contributed by atoms with Crippen LogP contribution in [0.15, 0.2) is 36.4 Å². The van der Waals surface area contributed by atoms with Crippen LogP contribution < -0.4 is 0 Å². The van der Waals surface area contributed by atoms with Crippen molar-refractivity contribution in [1.82, 2.24) is 0 Å². The highest BCUT2D eigenvalue weighted by Gasteiger charge is 2.41. The lowest BCUT2D eigenvalue weighted by Crippen LogP contribution is -2.36. The van der Waals surface area contributed by atoms with Crippen LogP contribution in [-0.4, -0.2) is 0 Å². The molecule has 0 bridgehead atoms. The van der Waals surface area contributed by atoms with E-state index in [-0.39, 0.29) is 0 Å². The zero-order chi connectivity index (χ0) is 22.2. The summed E-state index contributed by atoms with van der Waals surface area (Å²) in [4.78, 5) is 0. The topological polar surface area (TPSA) is 0 Å². The number of hydrogen-bond donors (Lipinski definition) is 0. The van der Waals surface area contributed by atoms with Crippen molar-refractivity contribution in [1.29, 1.82) is 0 Å². The number of hydrogen-bond acceptors (Lipinski definition) is 0. The molecule has 31 heavy (non-hydrogen) atoms. The monoisotopic (exact) mass is 416 g/mol. The van der Waals surface area contributed by atoms with Crippen LogP contribution in [0.25, 0.3) is 0 Å². The SMILES string of the molecule is Cc1ccc(C2CCC(C(C)(C)C3CCC(c4ccc(C)cc4C)CC3)CC2)c(C)c1. The first-order valence-electron chi connectivity index (χ1n) is 12.9. The summed E-state index contributed by atoms with van der Waals surface area (Å²) >= 11 is 0. The molecular weight excluding hydrogens is 372 g/mol. The molecule has 2 aromatic rings. The molecule has 0 spiro atoms. The first kappa shape index (κ1) is 22.6. The Balaban J connectivity index is 1.35. The van der Waals surface area contributed by atoms with Crippen LogP contribution in [0.1, 0.15) is 110 Å². The Morgan fingerprint density at radius 1 is 0.548 bits per heavy atom. The largest absolute Gasteiger partial charge is 0.0594 e. The second-order valence-electron chi connectivity index (χ2n) is 11.6. The van der Waals surface area contributed by atoms with E-state index in [9.17, 15) is 0 Å². The van der Waals surface area contributed by atoms with Gasteiger partial charge in [-0.15, -0.1) is 0 Å². The second kappa shape index (κ2) is 9.13. The van der Waals surface area contributed by atoms with Gasteiger partial charge in [-0.3, -0.25) is 0 Å². The Bertz CT molecular complexity index is 813. The number of benzene rings is 2. The van der Waals surface area contributed by atoms with Gasteiger partial charge in [0.2, 0.25) is 0 Å². The van der Waals surface area contributed by atoms with Gasteiger partial charge < -0.3 is 0 Å². The van der Waals surface area contributed by atoms with Crippen LogP contribution in [0.3, 0.4) is 0 Å². The molecule has 0 nitrogen and oxygen atoms in total. The molecular formula is C31H44. The van der Waals surface area contributed by atoms with Crippen molar-refractivity contribution in [2.24, 2.45) is 17.3 Å². The first-order chi connectivity index (χ1) is 14.8. The molecule has 2 fully saturated rings. The minimum absolute atomic E-state index is 0.487. The predicted molar refractivity (Wildman–Crippen MR) is 135 cm³/mol.